The van der Waals surface area contributed by atoms with E-state index < -0.39 is 11.9 Å². The van der Waals surface area contributed by atoms with Crippen LogP contribution < -0.4 is 14.2 Å². The molecule has 1 atom stereocenters. The Hall–Kier alpha value is -3.26. The first-order valence-electron chi connectivity index (χ1n) is 9.00. The number of aliphatic carboxylic acids is 2. The van der Waals surface area contributed by atoms with Crippen molar-refractivity contribution in [2.45, 2.75) is 19.4 Å². The first-order chi connectivity index (χ1) is 13.8. The summed E-state index contributed by atoms with van der Waals surface area (Å²) in [5.74, 6) is -1.46. The fourth-order valence-electron chi connectivity index (χ4n) is 2.69. The summed E-state index contributed by atoms with van der Waals surface area (Å²) in [5.41, 5.74) is 2.42. The highest BCUT2D eigenvalue weighted by molar-refractivity contribution is 6.27. The van der Waals surface area contributed by atoms with Gasteiger partial charge in [-0.3, -0.25) is 0 Å². The molecule has 0 aliphatic carbocycles. The van der Waals surface area contributed by atoms with Crippen molar-refractivity contribution in [1.82, 2.24) is 4.90 Å². The van der Waals surface area contributed by atoms with Crippen LogP contribution in [0.1, 0.15) is 23.7 Å². The highest BCUT2D eigenvalue weighted by Crippen LogP contribution is 2.42. The van der Waals surface area contributed by atoms with Crippen molar-refractivity contribution in [1.29, 1.82) is 0 Å². The molecule has 156 valence electrons. The van der Waals surface area contributed by atoms with Gasteiger partial charge in [-0.2, -0.15) is 0 Å². The van der Waals surface area contributed by atoms with E-state index >= 15 is 0 Å². The van der Waals surface area contributed by atoms with Gasteiger partial charge in [-0.05, 0) is 38.7 Å². The van der Waals surface area contributed by atoms with Gasteiger partial charge in [0.2, 0.25) is 12.5 Å². The summed E-state index contributed by atoms with van der Waals surface area (Å²) in [7, 11) is 4.15. The Morgan fingerprint density at radius 2 is 1.79 bits per heavy atom. The molecule has 0 amide bonds. The molecule has 0 spiro atoms. The van der Waals surface area contributed by atoms with E-state index in [9.17, 15) is 0 Å². The average molecular weight is 403 g/mol. The van der Waals surface area contributed by atoms with Gasteiger partial charge in [0, 0.05) is 13.0 Å². The molecule has 2 aromatic carbocycles. The number of benzene rings is 2. The first-order valence-corrected chi connectivity index (χ1v) is 9.00. The van der Waals surface area contributed by atoms with Crippen LogP contribution in [-0.4, -0.2) is 54.5 Å². The Bertz CT molecular complexity index is 839. The van der Waals surface area contributed by atoms with E-state index in [1.54, 1.807) is 0 Å². The largest absolute Gasteiger partial charge is 0.482 e. The van der Waals surface area contributed by atoms with Crippen molar-refractivity contribution in [3.63, 3.8) is 0 Å². The van der Waals surface area contributed by atoms with Crippen molar-refractivity contribution in [3.05, 3.63) is 53.6 Å². The molecule has 8 nitrogen and oxygen atoms in total. The van der Waals surface area contributed by atoms with Gasteiger partial charge in [-0.25, -0.2) is 9.59 Å². The Morgan fingerprint density at radius 3 is 2.41 bits per heavy atom. The van der Waals surface area contributed by atoms with Crippen molar-refractivity contribution < 1.29 is 34.0 Å². The van der Waals surface area contributed by atoms with E-state index in [0.717, 1.165) is 24.5 Å². The lowest BCUT2D eigenvalue weighted by Gasteiger charge is -2.22. The highest BCUT2D eigenvalue weighted by Gasteiger charge is 2.22. The third-order valence-electron chi connectivity index (χ3n) is 4.07. The normalized spacial score (nSPS) is 12.7. The standard InChI is InChI=1S/C19H23NO3.C2H2O4/c1-14-6-4-7-15(12-14)16(10-11-20(2)3)23-18-9-5-8-17-19(18)22-13-21-17;3-1(4)2(5)6/h4-9,12,16H,10-11,13H2,1-3H3;(H,3,4)(H,5,6). The maximum atomic E-state index is 9.10. The molecule has 2 aromatic rings. The van der Waals surface area contributed by atoms with Crippen LogP contribution in [0.2, 0.25) is 0 Å². The van der Waals surface area contributed by atoms with E-state index in [0.29, 0.717) is 5.75 Å². The minimum atomic E-state index is -1.82. The van der Waals surface area contributed by atoms with Crippen molar-refractivity contribution in [2.24, 2.45) is 0 Å². The van der Waals surface area contributed by atoms with Crippen LogP contribution in [0.3, 0.4) is 0 Å². The zero-order valence-electron chi connectivity index (χ0n) is 16.6. The summed E-state index contributed by atoms with van der Waals surface area (Å²) in [6.07, 6.45) is 0.883. The molecule has 2 N–H and O–H groups in total. The van der Waals surface area contributed by atoms with Gasteiger partial charge < -0.3 is 29.3 Å². The fraction of sp³-hybridized carbons (Fsp3) is 0.333. The Labute approximate surface area is 169 Å². The smallest absolute Gasteiger partial charge is 0.414 e. The zero-order chi connectivity index (χ0) is 21.4. The third kappa shape index (κ3) is 6.69. The van der Waals surface area contributed by atoms with Gasteiger partial charge in [0.1, 0.15) is 6.10 Å². The molecule has 1 unspecified atom stereocenters. The van der Waals surface area contributed by atoms with Crippen LogP contribution in [0.25, 0.3) is 0 Å². The van der Waals surface area contributed by atoms with Crippen LogP contribution in [0.15, 0.2) is 42.5 Å². The van der Waals surface area contributed by atoms with E-state index in [2.05, 4.69) is 50.2 Å². The molecule has 1 aliphatic heterocycles. The van der Waals surface area contributed by atoms with E-state index in [1.165, 1.54) is 11.1 Å². The molecule has 29 heavy (non-hydrogen) atoms. The molecule has 0 saturated heterocycles. The number of fused-ring (bicyclic) bond motifs is 1. The zero-order valence-corrected chi connectivity index (χ0v) is 16.6. The Morgan fingerprint density at radius 1 is 1.10 bits per heavy atom. The predicted molar refractivity (Wildman–Crippen MR) is 106 cm³/mol. The number of ether oxygens (including phenoxy) is 3. The van der Waals surface area contributed by atoms with Crippen molar-refractivity contribution in [2.75, 3.05) is 27.4 Å². The van der Waals surface area contributed by atoms with Gasteiger partial charge in [-0.1, -0.05) is 35.9 Å². The van der Waals surface area contributed by atoms with Crippen molar-refractivity contribution in [3.8, 4) is 17.2 Å². The summed E-state index contributed by atoms with van der Waals surface area (Å²) in [6, 6.07) is 14.2. The minimum Gasteiger partial charge on any atom is -0.482 e. The van der Waals surface area contributed by atoms with Gasteiger partial charge >= 0.3 is 11.9 Å². The number of para-hydroxylation sites is 1. The van der Waals surface area contributed by atoms with E-state index in [4.69, 9.17) is 34.0 Å². The van der Waals surface area contributed by atoms with Gasteiger partial charge in [0.15, 0.2) is 11.5 Å². The lowest BCUT2D eigenvalue weighted by molar-refractivity contribution is -0.159. The minimum absolute atomic E-state index is 0.0204. The SMILES string of the molecule is Cc1cccc(C(CCN(C)C)Oc2cccc3c2OCO3)c1.O=C(O)C(=O)O. The maximum Gasteiger partial charge on any atom is 0.414 e. The van der Waals surface area contributed by atoms with Crippen LogP contribution in [0.5, 0.6) is 17.2 Å². The summed E-state index contributed by atoms with van der Waals surface area (Å²) in [5, 5.41) is 14.8. The number of nitrogens with zero attached hydrogens (tertiary/aromatic N) is 1. The number of carboxylic acid groups (broad SMARTS) is 2. The number of rotatable bonds is 6. The average Bonchev–Trinajstić information content (AvgIpc) is 3.15. The second-order valence-electron chi connectivity index (χ2n) is 6.71. The number of carbonyl (C=O) groups is 2. The second kappa shape index (κ2) is 10.3. The molecule has 8 heteroatoms. The predicted octanol–water partition coefficient (Wildman–Crippen LogP) is 2.95. The van der Waals surface area contributed by atoms with Crippen molar-refractivity contribution >= 4 is 11.9 Å². The summed E-state index contributed by atoms with van der Waals surface area (Å²) >= 11 is 0. The molecular weight excluding hydrogens is 378 g/mol. The van der Waals surface area contributed by atoms with Crippen LogP contribution in [-0.2, 0) is 9.59 Å². The molecule has 3 rings (SSSR count). The number of carboxylic acids is 2. The second-order valence-corrected chi connectivity index (χ2v) is 6.71. The lowest BCUT2D eigenvalue weighted by Crippen LogP contribution is -2.19. The van der Waals surface area contributed by atoms with Crippen LogP contribution in [0, 0.1) is 6.92 Å². The monoisotopic (exact) mass is 403 g/mol. The van der Waals surface area contributed by atoms with Gasteiger partial charge in [0.25, 0.3) is 0 Å². The van der Waals surface area contributed by atoms with E-state index in [1.807, 2.05) is 18.2 Å². The third-order valence-corrected chi connectivity index (χ3v) is 4.07. The highest BCUT2D eigenvalue weighted by atomic mass is 16.7. The van der Waals surface area contributed by atoms with Crippen LogP contribution in [0.4, 0.5) is 0 Å². The van der Waals surface area contributed by atoms with Crippen LogP contribution >= 0.6 is 0 Å². The summed E-state index contributed by atoms with van der Waals surface area (Å²) in [6.45, 7) is 3.30. The molecular formula is C21H25NO7. The lowest BCUT2D eigenvalue weighted by atomic mass is 10.0. The van der Waals surface area contributed by atoms with Gasteiger partial charge in [0.05, 0.1) is 0 Å². The molecule has 0 saturated carbocycles. The molecule has 0 fully saturated rings. The Balaban J connectivity index is 0.000000438. The summed E-state index contributed by atoms with van der Waals surface area (Å²) < 4.78 is 17.3. The van der Waals surface area contributed by atoms with E-state index in [-0.39, 0.29) is 12.9 Å². The molecule has 0 aromatic heterocycles. The fourth-order valence-corrected chi connectivity index (χ4v) is 2.69. The number of hydrogen-bond donors (Lipinski definition) is 2. The Kier molecular flexibility index (Phi) is 7.85. The molecule has 1 aliphatic rings. The summed E-state index contributed by atoms with van der Waals surface area (Å²) in [4.78, 5) is 20.4. The first kappa shape index (κ1) is 22.0. The molecule has 1 heterocycles. The number of hydrogen-bond acceptors (Lipinski definition) is 6. The number of aryl methyl sites for hydroxylation is 1. The molecule has 0 bridgehead atoms. The van der Waals surface area contributed by atoms with Gasteiger partial charge in [-0.15, -0.1) is 0 Å². The maximum absolute atomic E-state index is 9.10. The quantitative estimate of drug-likeness (QED) is 0.709. The molecule has 0 radical (unpaired) electrons. The topological polar surface area (TPSA) is 106 Å².